The maximum Gasteiger partial charge on any atom is 0.254 e. The topological polar surface area (TPSA) is 79.5 Å². The first kappa shape index (κ1) is 15.7. The molecule has 1 aromatic heterocycles. The smallest absolute Gasteiger partial charge is 0.254 e. The minimum absolute atomic E-state index is 0.285. The van der Waals surface area contributed by atoms with Gasteiger partial charge < -0.3 is 10.6 Å². The number of hydrogen-bond donors (Lipinski definition) is 1. The summed E-state index contributed by atoms with van der Waals surface area (Å²) in [6.45, 7) is 9.68. The summed E-state index contributed by atoms with van der Waals surface area (Å²) in [5.74, 6) is 0.599. The molecule has 0 aliphatic carbocycles. The van der Waals surface area contributed by atoms with Crippen molar-refractivity contribution in [3.05, 3.63) is 5.69 Å². The minimum atomic E-state index is -3.44. The number of thiazole rings is 1. The van der Waals surface area contributed by atoms with E-state index in [4.69, 9.17) is 5.73 Å². The summed E-state index contributed by atoms with van der Waals surface area (Å²) in [6, 6.07) is 0. The third-order valence-corrected chi connectivity index (χ3v) is 6.77. The zero-order valence-electron chi connectivity index (χ0n) is 12.2. The molecule has 0 unspecified atom stereocenters. The van der Waals surface area contributed by atoms with Crippen molar-refractivity contribution in [2.24, 2.45) is 5.92 Å². The average Bonchev–Trinajstić information content (AvgIpc) is 2.69. The van der Waals surface area contributed by atoms with Crippen molar-refractivity contribution >= 4 is 26.5 Å². The number of hydrogen-bond acceptors (Lipinski definition) is 6. The molecule has 1 fully saturated rings. The largest absolute Gasteiger partial charge is 0.375 e. The third kappa shape index (κ3) is 3.30. The molecular weight excluding hydrogens is 296 g/mol. The van der Waals surface area contributed by atoms with Crippen molar-refractivity contribution in [2.45, 2.75) is 25.0 Å². The van der Waals surface area contributed by atoms with Crippen LogP contribution in [0, 0.1) is 12.8 Å². The van der Waals surface area contributed by atoms with Gasteiger partial charge in [0.1, 0.15) is 0 Å². The summed E-state index contributed by atoms with van der Waals surface area (Å²) in [5.41, 5.74) is 6.10. The van der Waals surface area contributed by atoms with Gasteiger partial charge in [-0.2, -0.15) is 4.31 Å². The molecule has 1 saturated heterocycles. The van der Waals surface area contributed by atoms with Crippen LogP contribution in [-0.2, 0) is 10.0 Å². The average molecular weight is 318 g/mol. The summed E-state index contributed by atoms with van der Waals surface area (Å²) in [6.07, 6.45) is 0. The van der Waals surface area contributed by atoms with Crippen LogP contribution in [0.1, 0.15) is 19.5 Å². The van der Waals surface area contributed by atoms with Gasteiger partial charge in [0.2, 0.25) is 0 Å². The number of sulfonamides is 1. The van der Waals surface area contributed by atoms with Gasteiger partial charge in [-0.1, -0.05) is 25.2 Å². The number of anilines is 1. The molecule has 2 heterocycles. The van der Waals surface area contributed by atoms with Gasteiger partial charge in [-0.3, -0.25) is 0 Å². The van der Waals surface area contributed by atoms with Crippen LogP contribution in [0.3, 0.4) is 0 Å². The highest BCUT2D eigenvalue weighted by molar-refractivity contribution is 7.91. The van der Waals surface area contributed by atoms with Crippen molar-refractivity contribution in [2.75, 3.05) is 38.5 Å². The molecule has 0 atom stereocenters. The standard InChI is InChI=1S/C12H22N4O2S2/c1-9(2)8-15-4-6-16(7-5-15)20(17,18)11-10(3)14-12(13)19-11/h9H,4-8H2,1-3H3,(H2,13,14). The van der Waals surface area contributed by atoms with Crippen molar-refractivity contribution < 1.29 is 8.42 Å². The van der Waals surface area contributed by atoms with Crippen LogP contribution < -0.4 is 5.73 Å². The Kier molecular flexibility index (Phi) is 4.68. The van der Waals surface area contributed by atoms with E-state index in [0.717, 1.165) is 31.0 Å². The van der Waals surface area contributed by atoms with Gasteiger partial charge in [0, 0.05) is 32.7 Å². The lowest BCUT2D eigenvalue weighted by Gasteiger charge is -2.34. The number of rotatable bonds is 4. The van der Waals surface area contributed by atoms with Crippen LogP contribution in [0.4, 0.5) is 5.13 Å². The molecule has 1 aromatic rings. The van der Waals surface area contributed by atoms with Crippen molar-refractivity contribution in [3.8, 4) is 0 Å². The summed E-state index contributed by atoms with van der Waals surface area (Å²) in [4.78, 5) is 6.32. The maximum absolute atomic E-state index is 12.6. The first-order valence-electron chi connectivity index (χ1n) is 6.76. The van der Waals surface area contributed by atoms with E-state index in [0.29, 0.717) is 29.8 Å². The molecule has 114 valence electrons. The van der Waals surface area contributed by atoms with Gasteiger partial charge in [-0.05, 0) is 12.8 Å². The first-order chi connectivity index (χ1) is 9.30. The van der Waals surface area contributed by atoms with Crippen LogP contribution in [0.5, 0.6) is 0 Å². The highest BCUT2D eigenvalue weighted by atomic mass is 32.2. The summed E-state index contributed by atoms with van der Waals surface area (Å²) in [5, 5.41) is 0.305. The Bertz CT molecular complexity index is 560. The Morgan fingerprint density at radius 3 is 2.35 bits per heavy atom. The fourth-order valence-corrected chi connectivity index (χ4v) is 5.28. The summed E-state index contributed by atoms with van der Waals surface area (Å²) in [7, 11) is -3.44. The van der Waals surface area contributed by atoms with E-state index in [1.807, 2.05) is 0 Å². The second kappa shape index (κ2) is 5.97. The lowest BCUT2D eigenvalue weighted by Crippen LogP contribution is -2.49. The van der Waals surface area contributed by atoms with E-state index in [2.05, 4.69) is 23.7 Å². The molecule has 0 amide bonds. The molecule has 8 heteroatoms. The summed E-state index contributed by atoms with van der Waals surface area (Å²) >= 11 is 1.05. The molecule has 0 aromatic carbocycles. The highest BCUT2D eigenvalue weighted by Crippen LogP contribution is 2.28. The number of aromatic nitrogens is 1. The predicted octanol–water partition coefficient (Wildman–Crippen LogP) is 0.996. The lowest BCUT2D eigenvalue weighted by molar-refractivity contribution is 0.172. The molecule has 20 heavy (non-hydrogen) atoms. The van der Waals surface area contributed by atoms with E-state index in [9.17, 15) is 8.42 Å². The van der Waals surface area contributed by atoms with E-state index in [1.54, 1.807) is 11.2 Å². The van der Waals surface area contributed by atoms with Crippen LogP contribution >= 0.6 is 11.3 Å². The fourth-order valence-electron chi connectivity index (χ4n) is 2.43. The SMILES string of the molecule is Cc1nc(N)sc1S(=O)(=O)N1CCN(CC(C)C)CC1. The quantitative estimate of drug-likeness (QED) is 0.896. The predicted molar refractivity (Wildman–Crippen MR) is 81.3 cm³/mol. The van der Waals surface area contributed by atoms with Gasteiger partial charge in [0.15, 0.2) is 9.34 Å². The Morgan fingerprint density at radius 2 is 1.90 bits per heavy atom. The normalized spacial score (nSPS) is 18.8. The molecule has 0 radical (unpaired) electrons. The lowest BCUT2D eigenvalue weighted by atomic mass is 10.2. The molecule has 2 N–H and O–H groups in total. The van der Waals surface area contributed by atoms with Crippen LogP contribution in [-0.4, -0.2) is 55.3 Å². The number of piperazine rings is 1. The second-order valence-corrected chi connectivity index (χ2v) is 8.69. The minimum Gasteiger partial charge on any atom is -0.375 e. The second-order valence-electron chi connectivity index (χ2n) is 5.52. The van der Waals surface area contributed by atoms with Crippen molar-refractivity contribution in [1.29, 1.82) is 0 Å². The maximum atomic E-state index is 12.6. The number of nitrogens with zero attached hydrogens (tertiary/aromatic N) is 3. The molecule has 2 rings (SSSR count). The fraction of sp³-hybridized carbons (Fsp3) is 0.750. The summed E-state index contributed by atoms with van der Waals surface area (Å²) < 4.78 is 27.0. The van der Waals surface area contributed by atoms with E-state index >= 15 is 0 Å². The van der Waals surface area contributed by atoms with Gasteiger partial charge in [-0.15, -0.1) is 0 Å². The molecule has 0 saturated carbocycles. The zero-order valence-corrected chi connectivity index (χ0v) is 13.8. The molecule has 0 spiro atoms. The van der Waals surface area contributed by atoms with E-state index in [1.165, 1.54) is 0 Å². The van der Waals surface area contributed by atoms with Crippen LogP contribution in [0.25, 0.3) is 0 Å². The van der Waals surface area contributed by atoms with Gasteiger partial charge in [0.05, 0.1) is 5.69 Å². The van der Waals surface area contributed by atoms with Gasteiger partial charge in [0.25, 0.3) is 10.0 Å². The number of nitrogens with two attached hydrogens (primary N) is 1. The number of aryl methyl sites for hydroxylation is 1. The van der Waals surface area contributed by atoms with Crippen LogP contribution in [0.15, 0.2) is 4.21 Å². The van der Waals surface area contributed by atoms with Gasteiger partial charge >= 0.3 is 0 Å². The Balaban J connectivity index is 2.08. The Labute approximate surface area is 124 Å². The molecule has 1 aliphatic rings. The highest BCUT2D eigenvalue weighted by Gasteiger charge is 2.31. The first-order valence-corrected chi connectivity index (χ1v) is 9.01. The van der Waals surface area contributed by atoms with Crippen molar-refractivity contribution in [3.63, 3.8) is 0 Å². The number of nitrogen functional groups attached to an aromatic ring is 1. The molecular formula is C12H22N4O2S2. The van der Waals surface area contributed by atoms with Crippen LogP contribution in [0.2, 0.25) is 0 Å². The third-order valence-electron chi connectivity index (χ3n) is 3.30. The van der Waals surface area contributed by atoms with Crippen molar-refractivity contribution in [1.82, 2.24) is 14.2 Å². The molecule has 6 nitrogen and oxygen atoms in total. The van der Waals surface area contributed by atoms with E-state index in [-0.39, 0.29) is 4.21 Å². The van der Waals surface area contributed by atoms with E-state index < -0.39 is 10.0 Å². The Morgan fingerprint density at radius 1 is 1.30 bits per heavy atom. The molecule has 0 bridgehead atoms. The molecule has 1 aliphatic heterocycles. The monoisotopic (exact) mass is 318 g/mol. The van der Waals surface area contributed by atoms with Gasteiger partial charge in [-0.25, -0.2) is 13.4 Å². The zero-order chi connectivity index (χ0) is 14.9. The Hall–Kier alpha value is -0.700.